The first-order valence-corrected chi connectivity index (χ1v) is 9.92. The van der Waals surface area contributed by atoms with Crippen LogP contribution in [0.5, 0.6) is 0 Å². The first kappa shape index (κ1) is 19.0. The second kappa shape index (κ2) is 9.24. The standard InChI is InChI=1S/C20H25NO2.W/c1-4-23-15-20(17(3)21-12-8-9-13-21)19(14-16(2)22)18-10-6-5-7-11-18;/h5-7,10-11,14H,4,8-9,12-13H2,1-3H3;/b19-14-,20-17?;. The van der Waals surface area contributed by atoms with E-state index in [2.05, 4.69) is 24.0 Å². The second-order valence-electron chi connectivity index (χ2n) is 5.91. The first-order valence-electron chi connectivity index (χ1n) is 8.45. The number of allylic oxidation sites excluding steroid dienone is 2. The minimum absolute atomic E-state index is 0.0554. The molecule has 3 nitrogen and oxygen atoms in total. The second-order valence-corrected chi connectivity index (χ2v) is 7.24. The van der Waals surface area contributed by atoms with Gasteiger partial charge in [0.25, 0.3) is 0 Å². The van der Waals surface area contributed by atoms with Crippen LogP contribution in [0.15, 0.2) is 47.7 Å². The molecule has 1 aliphatic rings. The van der Waals surface area contributed by atoms with E-state index in [0.717, 1.165) is 33.9 Å². The Morgan fingerprint density at radius 2 is 1.83 bits per heavy atom. The molecule has 0 radical (unpaired) electrons. The van der Waals surface area contributed by atoms with E-state index in [1.807, 2.05) is 25.1 Å². The van der Waals surface area contributed by atoms with Crippen LogP contribution in [0, 0.1) is 0 Å². The van der Waals surface area contributed by atoms with E-state index in [0.29, 0.717) is 6.61 Å². The summed E-state index contributed by atoms with van der Waals surface area (Å²) in [6, 6.07) is 10.1. The monoisotopic (exact) mass is 495 g/mol. The van der Waals surface area contributed by atoms with Crippen molar-refractivity contribution in [3.05, 3.63) is 53.2 Å². The number of benzene rings is 1. The fraction of sp³-hybridized carbons (Fsp3) is 0.400. The summed E-state index contributed by atoms with van der Waals surface area (Å²) >= 11 is 1.28. The molecule has 0 bridgehead atoms. The van der Waals surface area contributed by atoms with Gasteiger partial charge in [-0.05, 0) is 0 Å². The van der Waals surface area contributed by atoms with Gasteiger partial charge < -0.3 is 0 Å². The molecule has 4 heteroatoms. The van der Waals surface area contributed by atoms with E-state index in [4.69, 9.17) is 4.74 Å². The average molecular weight is 495 g/mol. The molecule has 1 heterocycles. The summed E-state index contributed by atoms with van der Waals surface area (Å²) in [7, 11) is 0. The Kier molecular flexibility index (Phi) is 7.33. The Balaban J connectivity index is 2.59. The van der Waals surface area contributed by atoms with Crippen molar-refractivity contribution in [2.45, 2.75) is 33.6 Å². The Morgan fingerprint density at radius 1 is 1.21 bits per heavy atom. The molecule has 1 saturated heterocycles. The maximum absolute atomic E-state index is 11.9. The van der Waals surface area contributed by atoms with Crippen molar-refractivity contribution < 1.29 is 28.9 Å². The van der Waals surface area contributed by atoms with Gasteiger partial charge in [0.2, 0.25) is 0 Å². The van der Waals surface area contributed by atoms with Crippen LogP contribution in [0.2, 0.25) is 0 Å². The zero-order valence-electron chi connectivity index (χ0n) is 14.7. The third kappa shape index (κ3) is 4.84. The van der Waals surface area contributed by atoms with Crippen molar-refractivity contribution in [3.63, 3.8) is 0 Å². The van der Waals surface area contributed by atoms with Gasteiger partial charge in [-0.2, -0.15) is 0 Å². The number of hydrogen-bond acceptors (Lipinski definition) is 3. The van der Waals surface area contributed by atoms with Crippen LogP contribution in [0.3, 0.4) is 0 Å². The molecule has 1 fully saturated rings. The molecule has 1 aliphatic heterocycles. The van der Waals surface area contributed by atoms with Gasteiger partial charge in [0.05, 0.1) is 0 Å². The van der Waals surface area contributed by atoms with Gasteiger partial charge in [-0.25, -0.2) is 0 Å². The molecule has 0 saturated carbocycles. The van der Waals surface area contributed by atoms with Crippen LogP contribution in [0.1, 0.15) is 39.2 Å². The van der Waals surface area contributed by atoms with Crippen molar-refractivity contribution in [2.24, 2.45) is 0 Å². The number of ketones is 1. The van der Waals surface area contributed by atoms with E-state index in [1.54, 1.807) is 13.0 Å². The molecule has 0 unspecified atom stereocenters. The van der Waals surface area contributed by atoms with Gasteiger partial charge in [-0.15, -0.1) is 0 Å². The molecule has 0 aromatic heterocycles. The van der Waals surface area contributed by atoms with Gasteiger partial charge in [-0.1, -0.05) is 0 Å². The zero-order valence-corrected chi connectivity index (χ0v) is 17.6. The van der Waals surface area contributed by atoms with E-state index in [-0.39, 0.29) is 5.78 Å². The molecule has 2 rings (SSSR count). The van der Waals surface area contributed by atoms with E-state index >= 15 is 0 Å². The Labute approximate surface area is 155 Å². The number of likely N-dealkylation sites (tertiary alicyclic amines) is 1. The fourth-order valence-electron chi connectivity index (χ4n) is 2.99. The number of carbonyl (C=O) groups is 1. The SMILES string of the molecule is CCO[C](=[W])C(=C(C)N1CCCC1)/C(=C\C(C)=O)c1ccccc1. The summed E-state index contributed by atoms with van der Waals surface area (Å²) in [6.45, 7) is 8.55. The van der Waals surface area contributed by atoms with Gasteiger partial charge in [0.1, 0.15) is 0 Å². The van der Waals surface area contributed by atoms with Crippen molar-refractivity contribution in [1.82, 2.24) is 4.90 Å². The van der Waals surface area contributed by atoms with Crippen molar-refractivity contribution in [3.8, 4) is 0 Å². The van der Waals surface area contributed by atoms with E-state index in [1.165, 1.54) is 37.9 Å². The Morgan fingerprint density at radius 3 is 2.38 bits per heavy atom. The maximum atomic E-state index is 11.9. The molecule has 24 heavy (non-hydrogen) atoms. The summed E-state index contributed by atoms with van der Waals surface area (Å²) in [6.07, 6.45) is 4.19. The molecule has 0 spiro atoms. The number of ether oxygens (including phenoxy) is 1. The molecule has 128 valence electrons. The number of rotatable bonds is 7. The summed E-state index contributed by atoms with van der Waals surface area (Å²) in [5.74, 6) is 0.0554. The molecule has 1 aromatic carbocycles. The quantitative estimate of drug-likeness (QED) is 0.427. The van der Waals surface area contributed by atoms with Gasteiger partial charge >= 0.3 is 156 Å². The summed E-state index contributed by atoms with van der Waals surface area (Å²) < 4.78 is 6.84. The van der Waals surface area contributed by atoms with Crippen LogP contribution in [-0.2, 0) is 28.9 Å². The van der Waals surface area contributed by atoms with Crippen LogP contribution >= 0.6 is 0 Å². The third-order valence-corrected chi connectivity index (χ3v) is 5.28. The Hall–Kier alpha value is -1.31. The third-order valence-electron chi connectivity index (χ3n) is 4.12. The molecule has 0 atom stereocenters. The van der Waals surface area contributed by atoms with Gasteiger partial charge in [0.15, 0.2) is 0 Å². The normalized spacial score (nSPS) is 16.1. The van der Waals surface area contributed by atoms with Crippen molar-refractivity contribution in [2.75, 3.05) is 19.7 Å². The zero-order chi connectivity index (χ0) is 17.5. The van der Waals surface area contributed by atoms with Crippen molar-refractivity contribution >= 4 is 15.4 Å². The summed E-state index contributed by atoms with van der Waals surface area (Å²) in [5.41, 5.74) is 4.31. The summed E-state index contributed by atoms with van der Waals surface area (Å²) in [5, 5.41) is 0. The molecule has 0 aliphatic carbocycles. The van der Waals surface area contributed by atoms with Gasteiger partial charge in [0, 0.05) is 0 Å². The van der Waals surface area contributed by atoms with Crippen LogP contribution < -0.4 is 0 Å². The van der Waals surface area contributed by atoms with Crippen LogP contribution in [0.25, 0.3) is 5.57 Å². The average Bonchev–Trinajstić information content (AvgIpc) is 3.09. The molecular formula is C20H25NO2W. The topological polar surface area (TPSA) is 29.5 Å². The van der Waals surface area contributed by atoms with E-state index in [9.17, 15) is 4.79 Å². The number of carbonyl (C=O) groups excluding carboxylic acids is 1. The van der Waals surface area contributed by atoms with Crippen LogP contribution in [0.4, 0.5) is 0 Å². The number of nitrogens with zero attached hydrogens (tertiary/aromatic N) is 1. The first-order chi connectivity index (χ1) is 11.5. The molecule has 0 amide bonds. The predicted octanol–water partition coefficient (Wildman–Crippen LogP) is 3.74. The number of hydrogen-bond donors (Lipinski definition) is 0. The molecule has 0 N–H and O–H groups in total. The molecular weight excluding hydrogens is 470 g/mol. The fourth-order valence-corrected chi connectivity index (χ4v) is 4.34. The van der Waals surface area contributed by atoms with E-state index < -0.39 is 0 Å². The molecule has 1 aromatic rings. The van der Waals surface area contributed by atoms with Crippen LogP contribution in [-0.4, -0.2) is 34.5 Å². The predicted molar refractivity (Wildman–Crippen MR) is 95.2 cm³/mol. The summed E-state index contributed by atoms with van der Waals surface area (Å²) in [4.78, 5) is 14.3. The minimum atomic E-state index is 0.0554. The van der Waals surface area contributed by atoms with Crippen molar-refractivity contribution in [1.29, 1.82) is 0 Å². The Bertz CT molecular complexity index is 655. The van der Waals surface area contributed by atoms with Gasteiger partial charge in [-0.3, -0.25) is 0 Å².